The van der Waals surface area contributed by atoms with Crippen molar-refractivity contribution >= 4 is 65.6 Å². The van der Waals surface area contributed by atoms with Gasteiger partial charge in [0, 0.05) is 33.0 Å². The van der Waals surface area contributed by atoms with Crippen LogP contribution >= 0.6 is 11.3 Å². The maximum atomic E-state index is 6.54. The van der Waals surface area contributed by atoms with E-state index in [1.54, 1.807) is 11.3 Å². The minimum atomic E-state index is 0.159. The topological polar surface area (TPSA) is 82.5 Å². The van der Waals surface area contributed by atoms with Crippen LogP contribution in [0.5, 0.6) is 0 Å². The molecule has 270 valence electrons. The van der Waals surface area contributed by atoms with Gasteiger partial charge in [-0.25, -0.2) is 24.9 Å². The average Bonchev–Trinajstić information content (AvgIpc) is 3.94. The first-order chi connectivity index (χ1) is 28.1. The molecule has 4 heterocycles. The highest BCUT2D eigenvalue weighted by atomic mass is 32.1. The van der Waals surface area contributed by atoms with Crippen molar-refractivity contribution in [2.75, 3.05) is 0 Å². The molecule has 11 rings (SSSR count). The van der Waals surface area contributed by atoms with Crippen LogP contribution in [0.3, 0.4) is 0 Å². The molecule has 0 saturated carbocycles. The first kappa shape index (κ1) is 33.1. The Morgan fingerprint density at radius 2 is 1.23 bits per heavy atom. The minimum absolute atomic E-state index is 0.159. The molecule has 0 radical (unpaired) electrons. The molecule has 4 aromatic heterocycles. The lowest BCUT2D eigenvalue weighted by Crippen LogP contribution is -2.00. The molecule has 1 aliphatic rings. The van der Waals surface area contributed by atoms with Crippen LogP contribution in [0, 0.1) is 5.92 Å². The van der Waals surface area contributed by atoms with Gasteiger partial charge in [0.25, 0.3) is 0 Å². The van der Waals surface area contributed by atoms with Crippen LogP contribution in [0.25, 0.3) is 93.6 Å². The summed E-state index contributed by atoms with van der Waals surface area (Å²) in [6, 6.07) is 49.6. The molecular weight excluding hydrogens is 721 g/mol. The number of para-hydroxylation sites is 2. The molecule has 0 fully saturated rings. The van der Waals surface area contributed by atoms with Crippen molar-refractivity contribution in [1.29, 1.82) is 0 Å². The van der Waals surface area contributed by atoms with Crippen LogP contribution in [-0.4, -0.2) is 29.5 Å². The molecule has 0 amide bonds. The van der Waals surface area contributed by atoms with E-state index >= 15 is 0 Å². The number of hydrogen-bond donors (Lipinski definition) is 0. The zero-order valence-electron chi connectivity index (χ0n) is 30.7. The van der Waals surface area contributed by atoms with Crippen molar-refractivity contribution < 1.29 is 4.42 Å². The quantitative estimate of drug-likeness (QED) is 0.168. The standard InChI is InChI=1S/C49H32N6OS/c1-30-13-12-18-35(28-37(30)33-24-26-42-38(27-33)36-19-8-10-21-41(36)55(42)49-51-40-20-9-11-22-44(40)57-49)48-50-39-25-23-34(29-43(39)56-48)47-53-45(31-14-4-2-5-15-31)52-46(54-47)32-16-6-3-7-17-32/h2-30H,1H3/t30-/m0/s1. The Labute approximate surface area is 331 Å². The summed E-state index contributed by atoms with van der Waals surface area (Å²) in [5.41, 5.74) is 10.6. The number of rotatable bonds is 6. The summed E-state index contributed by atoms with van der Waals surface area (Å²) in [5.74, 6) is 2.50. The Balaban J connectivity index is 0.979. The number of hydrogen-bond acceptors (Lipinski definition) is 7. The third kappa shape index (κ3) is 5.86. The summed E-state index contributed by atoms with van der Waals surface area (Å²) >= 11 is 1.72. The molecule has 1 atom stereocenters. The van der Waals surface area contributed by atoms with Gasteiger partial charge in [-0.15, -0.1) is 0 Å². The molecule has 10 aromatic rings. The molecule has 0 saturated heterocycles. The van der Waals surface area contributed by atoms with E-state index in [0.717, 1.165) is 55.0 Å². The Morgan fingerprint density at radius 3 is 2.00 bits per heavy atom. The maximum absolute atomic E-state index is 6.54. The summed E-state index contributed by atoms with van der Waals surface area (Å²) in [5, 5.41) is 3.35. The summed E-state index contributed by atoms with van der Waals surface area (Å²) < 4.78 is 10.0. The molecule has 7 nitrogen and oxygen atoms in total. The summed E-state index contributed by atoms with van der Waals surface area (Å²) in [6.45, 7) is 2.23. The van der Waals surface area contributed by atoms with Crippen molar-refractivity contribution in [2.24, 2.45) is 5.92 Å². The van der Waals surface area contributed by atoms with Crippen LogP contribution < -0.4 is 0 Å². The van der Waals surface area contributed by atoms with Gasteiger partial charge in [0.1, 0.15) is 5.52 Å². The third-order valence-electron chi connectivity index (χ3n) is 10.5. The second-order valence-electron chi connectivity index (χ2n) is 14.2. The highest BCUT2D eigenvalue weighted by molar-refractivity contribution is 7.20. The number of fused-ring (bicyclic) bond motifs is 5. The van der Waals surface area contributed by atoms with Crippen LogP contribution in [0.2, 0.25) is 0 Å². The zero-order valence-corrected chi connectivity index (χ0v) is 31.6. The van der Waals surface area contributed by atoms with Gasteiger partial charge < -0.3 is 4.42 Å². The predicted molar refractivity (Wildman–Crippen MR) is 232 cm³/mol. The fraction of sp³-hybridized carbons (Fsp3) is 0.0408. The van der Waals surface area contributed by atoms with Crippen LogP contribution in [0.1, 0.15) is 18.4 Å². The van der Waals surface area contributed by atoms with Crippen molar-refractivity contribution in [3.8, 4) is 39.3 Å². The van der Waals surface area contributed by atoms with E-state index in [4.69, 9.17) is 29.3 Å². The lowest BCUT2D eigenvalue weighted by molar-refractivity contribution is 0.586. The predicted octanol–water partition coefficient (Wildman–Crippen LogP) is 12.4. The molecule has 0 bridgehead atoms. The van der Waals surface area contributed by atoms with Gasteiger partial charge in [-0.05, 0) is 77.7 Å². The Hall–Kier alpha value is -7.29. The normalized spacial score (nSPS) is 14.4. The summed E-state index contributed by atoms with van der Waals surface area (Å²) in [7, 11) is 0. The number of allylic oxidation sites excluding steroid dienone is 6. The van der Waals surface area contributed by atoms with E-state index in [9.17, 15) is 0 Å². The van der Waals surface area contributed by atoms with Crippen LogP contribution in [0.4, 0.5) is 0 Å². The number of thiazole rings is 1. The van der Waals surface area contributed by atoms with Crippen molar-refractivity contribution in [1.82, 2.24) is 29.5 Å². The Morgan fingerprint density at radius 1 is 0.561 bits per heavy atom. The summed E-state index contributed by atoms with van der Waals surface area (Å²) in [6.07, 6.45) is 8.62. The SMILES string of the molecule is C[C@H]1C=CC=C(c2nc3ccc(-c4nc(-c5ccccc5)nc(-c5ccccc5)n4)cc3o2)C=C1c1ccc2c(c1)c1ccccc1n2-c1nc2ccccc2s1. The Bertz CT molecular complexity index is 3170. The smallest absolute Gasteiger partial charge is 0.227 e. The van der Waals surface area contributed by atoms with Gasteiger partial charge in [0.15, 0.2) is 28.2 Å². The number of aromatic nitrogens is 6. The maximum Gasteiger partial charge on any atom is 0.227 e. The molecule has 0 spiro atoms. The average molecular weight is 753 g/mol. The van der Waals surface area contributed by atoms with Crippen molar-refractivity contribution in [2.45, 2.75) is 6.92 Å². The monoisotopic (exact) mass is 752 g/mol. The van der Waals surface area contributed by atoms with E-state index in [0.29, 0.717) is 28.9 Å². The highest BCUT2D eigenvalue weighted by Crippen LogP contribution is 2.39. The minimum Gasteiger partial charge on any atom is -0.436 e. The molecule has 57 heavy (non-hydrogen) atoms. The van der Waals surface area contributed by atoms with Gasteiger partial charge in [-0.2, -0.15) is 0 Å². The molecular formula is C49H32N6OS. The van der Waals surface area contributed by atoms with E-state index in [1.807, 2.05) is 84.9 Å². The van der Waals surface area contributed by atoms with E-state index in [2.05, 4.69) is 96.5 Å². The number of nitrogens with zero attached hydrogens (tertiary/aromatic N) is 6. The van der Waals surface area contributed by atoms with Crippen molar-refractivity contribution in [3.05, 3.63) is 181 Å². The van der Waals surface area contributed by atoms with E-state index in [1.165, 1.54) is 21.0 Å². The highest BCUT2D eigenvalue weighted by Gasteiger charge is 2.21. The first-order valence-corrected chi connectivity index (χ1v) is 19.7. The molecule has 0 aliphatic heterocycles. The summed E-state index contributed by atoms with van der Waals surface area (Å²) in [4.78, 5) is 24.7. The lowest BCUT2D eigenvalue weighted by atomic mass is 9.92. The van der Waals surface area contributed by atoms with Crippen molar-refractivity contribution in [3.63, 3.8) is 0 Å². The number of benzene rings is 6. The second-order valence-corrected chi connectivity index (χ2v) is 15.2. The van der Waals surface area contributed by atoms with Gasteiger partial charge in [0.2, 0.25) is 5.89 Å². The first-order valence-electron chi connectivity index (χ1n) is 18.9. The molecule has 8 heteroatoms. The molecule has 1 aliphatic carbocycles. The number of oxazole rings is 1. The lowest BCUT2D eigenvalue weighted by Gasteiger charge is -2.13. The Kier molecular flexibility index (Phi) is 7.82. The van der Waals surface area contributed by atoms with Gasteiger partial charge in [-0.3, -0.25) is 4.57 Å². The van der Waals surface area contributed by atoms with Crippen LogP contribution in [0.15, 0.2) is 174 Å². The zero-order chi connectivity index (χ0) is 37.9. The fourth-order valence-electron chi connectivity index (χ4n) is 7.70. The van der Waals surface area contributed by atoms with Gasteiger partial charge in [-0.1, -0.05) is 127 Å². The molecule has 0 unspecified atom stereocenters. The van der Waals surface area contributed by atoms with Crippen LogP contribution in [-0.2, 0) is 0 Å². The molecule has 6 aromatic carbocycles. The molecule has 0 N–H and O–H groups in total. The van der Waals surface area contributed by atoms with E-state index in [-0.39, 0.29) is 5.92 Å². The second kappa shape index (κ2) is 13.5. The van der Waals surface area contributed by atoms with Gasteiger partial charge in [0.05, 0.1) is 21.3 Å². The third-order valence-corrected chi connectivity index (χ3v) is 11.6. The fourth-order valence-corrected chi connectivity index (χ4v) is 8.69. The van der Waals surface area contributed by atoms with Gasteiger partial charge >= 0.3 is 0 Å². The van der Waals surface area contributed by atoms with E-state index < -0.39 is 0 Å². The largest absolute Gasteiger partial charge is 0.436 e.